The van der Waals surface area contributed by atoms with Crippen LogP contribution in [0.3, 0.4) is 0 Å². The molecule has 186 valence electrons. The standard InChI is InChI=1S/C27H33N3O4S/c1-2-3-7-14-28-15-9-13-27-22(25(33)30(17-18-31)23(27)26(28)34)21-20(35-27)12-8-16-29(24(21)32)19-10-5-4-6-11-19/h4-6,8-13,20-23,31H,2-3,7,14-18H2,1H3/t20-,21+,22+,23?,27+/m1/s1. The Bertz CT molecular complexity index is 1040. The number of benzene rings is 1. The average molecular weight is 496 g/mol. The van der Waals surface area contributed by atoms with Crippen molar-refractivity contribution < 1.29 is 19.5 Å². The number of unbranched alkanes of at least 4 members (excludes halogenated alkanes) is 2. The predicted octanol–water partition coefficient (Wildman–Crippen LogP) is 2.47. The van der Waals surface area contributed by atoms with Gasteiger partial charge in [0.2, 0.25) is 17.7 Å². The normalized spacial score (nSPS) is 31.9. The van der Waals surface area contributed by atoms with E-state index in [1.807, 2.05) is 59.5 Å². The Labute approximate surface area is 210 Å². The highest BCUT2D eigenvalue weighted by molar-refractivity contribution is 8.02. The molecule has 0 aromatic heterocycles. The van der Waals surface area contributed by atoms with Gasteiger partial charge >= 0.3 is 0 Å². The van der Waals surface area contributed by atoms with Crippen molar-refractivity contribution >= 4 is 35.2 Å². The number of rotatable bonds is 7. The Balaban J connectivity index is 1.54. The number of β-amino-alcohol motifs (C(OH)–C–C–N with tert-alkyl or cyclic N) is 1. The maximum absolute atomic E-state index is 14.0. The molecule has 1 aromatic carbocycles. The number of nitrogens with zero attached hydrogens (tertiary/aromatic N) is 3. The van der Waals surface area contributed by atoms with Crippen molar-refractivity contribution in [3.63, 3.8) is 0 Å². The second kappa shape index (κ2) is 9.82. The van der Waals surface area contributed by atoms with Gasteiger partial charge in [0.15, 0.2) is 0 Å². The minimum Gasteiger partial charge on any atom is -0.395 e. The number of thioether (sulfide) groups is 1. The molecule has 0 saturated carbocycles. The molecule has 1 spiro atoms. The lowest BCUT2D eigenvalue weighted by molar-refractivity contribution is -0.143. The molecule has 4 aliphatic rings. The summed E-state index contributed by atoms with van der Waals surface area (Å²) in [5, 5.41) is 9.59. The van der Waals surface area contributed by atoms with E-state index in [1.165, 1.54) is 0 Å². The fraction of sp³-hybridized carbons (Fsp3) is 0.519. The van der Waals surface area contributed by atoms with Crippen LogP contribution < -0.4 is 4.90 Å². The maximum Gasteiger partial charge on any atom is 0.247 e. The summed E-state index contributed by atoms with van der Waals surface area (Å²) in [6.07, 6.45) is 11.1. The minimum atomic E-state index is -0.822. The smallest absolute Gasteiger partial charge is 0.247 e. The van der Waals surface area contributed by atoms with Gasteiger partial charge in [-0.15, -0.1) is 11.8 Å². The number of fused-ring (bicyclic) bond motifs is 2. The lowest BCUT2D eigenvalue weighted by atomic mass is 9.78. The molecule has 5 atom stereocenters. The first-order chi connectivity index (χ1) is 17.0. The molecule has 0 bridgehead atoms. The van der Waals surface area contributed by atoms with Crippen LogP contribution in [0.25, 0.3) is 0 Å². The number of aliphatic hydroxyl groups excluding tert-OH is 1. The fourth-order valence-corrected chi connectivity index (χ4v) is 8.13. The molecule has 1 aromatic rings. The molecule has 0 radical (unpaired) electrons. The third kappa shape index (κ3) is 3.91. The summed E-state index contributed by atoms with van der Waals surface area (Å²) in [6, 6.07) is 8.82. The molecule has 5 rings (SSSR count). The minimum absolute atomic E-state index is 0.0734. The number of likely N-dealkylation sites (tertiary alicyclic amines) is 1. The zero-order chi connectivity index (χ0) is 24.6. The third-order valence-corrected chi connectivity index (χ3v) is 9.43. The molecule has 7 nitrogen and oxygen atoms in total. The monoisotopic (exact) mass is 495 g/mol. The summed E-state index contributed by atoms with van der Waals surface area (Å²) >= 11 is 1.58. The number of amides is 3. The van der Waals surface area contributed by atoms with E-state index in [2.05, 4.69) is 6.92 Å². The number of hydrogen-bond donors (Lipinski definition) is 1. The zero-order valence-electron chi connectivity index (χ0n) is 20.1. The summed E-state index contributed by atoms with van der Waals surface area (Å²) in [7, 11) is 0. The predicted molar refractivity (Wildman–Crippen MR) is 137 cm³/mol. The highest BCUT2D eigenvalue weighted by Gasteiger charge is 2.70. The molecule has 0 aliphatic carbocycles. The van der Waals surface area contributed by atoms with Gasteiger partial charge in [0.05, 0.1) is 23.2 Å². The van der Waals surface area contributed by atoms with E-state index in [0.29, 0.717) is 19.6 Å². The van der Waals surface area contributed by atoms with Gasteiger partial charge in [-0.2, -0.15) is 0 Å². The van der Waals surface area contributed by atoms with Gasteiger partial charge in [-0.05, 0) is 18.6 Å². The number of para-hydroxylation sites is 1. The number of carbonyl (C=O) groups excluding carboxylic acids is 3. The number of anilines is 1. The van der Waals surface area contributed by atoms with Gasteiger partial charge in [0, 0.05) is 37.1 Å². The van der Waals surface area contributed by atoms with E-state index in [1.54, 1.807) is 21.6 Å². The van der Waals surface area contributed by atoms with Gasteiger partial charge in [-0.1, -0.05) is 62.3 Å². The molecular formula is C27H33N3O4S. The molecule has 2 saturated heterocycles. The van der Waals surface area contributed by atoms with E-state index in [-0.39, 0.29) is 36.1 Å². The van der Waals surface area contributed by atoms with Crippen LogP contribution in [0.5, 0.6) is 0 Å². The molecule has 3 amide bonds. The molecule has 4 heterocycles. The van der Waals surface area contributed by atoms with Crippen molar-refractivity contribution in [1.82, 2.24) is 9.80 Å². The van der Waals surface area contributed by atoms with Crippen LogP contribution in [-0.2, 0) is 14.4 Å². The third-order valence-electron chi connectivity index (χ3n) is 7.68. The first kappa shape index (κ1) is 24.1. The van der Waals surface area contributed by atoms with Crippen molar-refractivity contribution in [1.29, 1.82) is 0 Å². The summed E-state index contributed by atoms with van der Waals surface area (Å²) in [6.45, 7) is 3.60. The zero-order valence-corrected chi connectivity index (χ0v) is 20.9. The van der Waals surface area contributed by atoms with E-state index >= 15 is 0 Å². The lowest BCUT2D eigenvalue weighted by Crippen LogP contribution is -2.53. The number of carbonyl (C=O) groups is 3. The van der Waals surface area contributed by atoms with Crippen LogP contribution in [0, 0.1) is 11.8 Å². The first-order valence-electron chi connectivity index (χ1n) is 12.6. The molecule has 1 unspecified atom stereocenters. The molecule has 2 fully saturated rings. The van der Waals surface area contributed by atoms with Gasteiger partial charge in [0.1, 0.15) is 6.04 Å². The van der Waals surface area contributed by atoms with Crippen LogP contribution in [-0.4, -0.2) is 81.5 Å². The van der Waals surface area contributed by atoms with Crippen LogP contribution in [0.1, 0.15) is 26.2 Å². The van der Waals surface area contributed by atoms with Gasteiger partial charge in [-0.25, -0.2) is 0 Å². The largest absolute Gasteiger partial charge is 0.395 e. The molecule has 35 heavy (non-hydrogen) atoms. The lowest BCUT2D eigenvalue weighted by Gasteiger charge is -2.35. The summed E-state index contributed by atoms with van der Waals surface area (Å²) in [4.78, 5) is 47.0. The summed E-state index contributed by atoms with van der Waals surface area (Å²) in [5.74, 6) is -1.57. The Hall–Kier alpha value is -2.58. The van der Waals surface area contributed by atoms with E-state index in [9.17, 15) is 19.5 Å². The SMILES string of the molecule is CCCCCN1CC=C[C@]23S[C@@H]4C=CCN(c5ccccc5)C(=O)[C@@H]4[C@H]2C(=O)N(CCO)C3C1=O. The molecular weight excluding hydrogens is 462 g/mol. The summed E-state index contributed by atoms with van der Waals surface area (Å²) in [5.41, 5.74) is 0.803. The second-order valence-electron chi connectivity index (χ2n) is 9.70. The van der Waals surface area contributed by atoms with E-state index in [0.717, 1.165) is 24.9 Å². The summed E-state index contributed by atoms with van der Waals surface area (Å²) < 4.78 is -0.822. The van der Waals surface area contributed by atoms with Crippen LogP contribution in [0.15, 0.2) is 54.6 Å². The Kier molecular flexibility index (Phi) is 6.77. The first-order valence-corrected chi connectivity index (χ1v) is 13.5. The maximum atomic E-state index is 14.0. The van der Waals surface area contributed by atoms with Crippen LogP contribution >= 0.6 is 11.8 Å². The van der Waals surface area contributed by atoms with Gasteiger partial charge < -0.3 is 19.8 Å². The topological polar surface area (TPSA) is 81.2 Å². The van der Waals surface area contributed by atoms with Crippen molar-refractivity contribution in [2.75, 3.05) is 37.7 Å². The van der Waals surface area contributed by atoms with E-state index in [4.69, 9.17) is 0 Å². The molecule has 1 N–H and O–H groups in total. The van der Waals surface area contributed by atoms with Crippen molar-refractivity contribution in [2.24, 2.45) is 11.8 Å². The van der Waals surface area contributed by atoms with Gasteiger partial charge in [-0.3, -0.25) is 14.4 Å². The van der Waals surface area contributed by atoms with Crippen molar-refractivity contribution in [3.05, 3.63) is 54.6 Å². The Morgan fingerprint density at radius 3 is 2.54 bits per heavy atom. The van der Waals surface area contributed by atoms with Crippen molar-refractivity contribution in [2.45, 2.75) is 42.2 Å². The molecule has 8 heteroatoms. The van der Waals surface area contributed by atoms with Gasteiger partial charge in [0.25, 0.3) is 0 Å². The number of hydrogen-bond acceptors (Lipinski definition) is 5. The Morgan fingerprint density at radius 2 is 1.80 bits per heavy atom. The Morgan fingerprint density at radius 1 is 1.00 bits per heavy atom. The second-order valence-corrected chi connectivity index (χ2v) is 11.2. The number of aliphatic hydroxyl groups is 1. The highest BCUT2D eigenvalue weighted by Crippen LogP contribution is 2.61. The molecule has 4 aliphatic heterocycles. The fourth-order valence-electron chi connectivity index (χ4n) is 6.12. The average Bonchev–Trinajstić information content (AvgIpc) is 3.17. The quantitative estimate of drug-likeness (QED) is 0.464. The van der Waals surface area contributed by atoms with Crippen molar-refractivity contribution in [3.8, 4) is 0 Å². The van der Waals surface area contributed by atoms with Crippen LogP contribution in [0.4, 0.5) is 5.69 Å². The highest BCUT2D eigenvalue weighted by atomic mass is 32.2. The van der Waals surface area contributed by atoms with E-state index < -0.39 is 22.6 Å². The van der Waals surface area contributed by atoms with Crippen LogP contribution in [0.2, 0.25) is 0 Å².